The molecule has 0 fully saturated rings. The molecule has 0 aliphatic carbocycles. The van der Waals surface area contributed by atoms with Crippen molar-refractivity contribution < 1.29 is 9.53 Å². The Kier molecular flexibility index (Phi) is 3.11. The van der Waals surface area contributed by atoms with Crippen molar-refractivity contribution in [2.75, 3.05) is 7.11 Å². The maximum absolute atomic E-state index is 10.9. The van der Waals surface area contributed by atoms with E-state index in [1.165, 1.54) is 24.5 Å². The van der Waals surface area contributed by atoms with Crippen LogP contribution in [-0.4, -0.2) is 27.6 Å². The highest BCUT2D eigenvalue weighted by molar-refractivity contribution is 7.12. The predicted molar refractivity (Wildman–Crippen MR) is 60.3 cm³/mol. The second kappa shape index (κ2) is 4.71. The SMILES string of the molecule is COC(=O)/C=C/c1cn(-c2nccs2)cn1. The van der Waals surface area contributed by atoms with Crippen LogP contribution in [0.15, 0.2) is 30.2 Å². The van der Waals surface area contributed by atoms with Crippen LogP contribution in [0.25, 0.3) is 11.2 Å². The quantitative estimate of drug-likeness (QED) is 0.597. The van der Waals surface area contributed by atoms with Gasteiger partial charge in [0.2, 0.25) is 0 Å². The molecule has 0 saturated carbocycles. The predicted octanol–water partition coefficient (Wildman–Crippen LogP) is 1.51. The number of nitrogens with zero attached hydrogens (tertiary/aromatic N) is 3. The second-order valence-corrected chi connectivity index (χ2v) is 3.75. The van der Waals surface area contributed by atoms with Gasteiger partial charge in [-0.15, -0.1) is 11.3 Å². The van der Waals surface area contributed by atoms with Crippen molar-refractivity contribution in [2.45, 2.75) is 0 Å². The number of ether oxygens (including phenoxy) is 1. The van der Waals surface area contributed by atoms with Crippen LogP contribution in [0.5, 0.6) is 0 Å². The molecular weight excluding hydrogens is 226 g/mol. The van der Waals surface area contributed by atoms with Gasteiger partial charge in [0.05, 0.1) is 12.8 Å². The van der Waals surface area contributed by atoms with Crippen molar-refractivity contribution in [3.63, 3.8) is 0 Å². The normalized spacial score (nSPS) is 10.8. The molecule has 2 rings (SSSR count). The monoisotopic (exact) mass is 235 g/mol. The fourth-order valence-corrected chi connectivity index (χ4v) is 1.68. The summed E-state index contributed by atoms with van der Waals surface area (Å²) in [6, 6.07) is 0. The van der Waals surface area contributed by atoms with E-state index in [1.807, 2.05) is 5.38 Å². The maximum Gasteiger partial charge on any atom is 0.330 e. The van der Waals surface area contributed by atoms with Crippen LogP contribution >= 0.6 is 11.3 Å². The molecule has 0 spiro atoms. The van der Waals surface area contributed by atoms with Gasteiger partial charge in [0.15, 0.2) is 5.13 Å². The molecule has 16 heavy (non-hydrogen) atoms. The van der Waals surface area contributed by atoms with Crippen molar-refractivity contribution in [3.8, 4) is 5.13 Å². The fourth-order valence-electron chi connectivity index (χ4n) is 1.09. The zero-order valence-corrected chi connectivity index (χ0v) is 9.35. The Morgan fingerprint density at radius 1 is 1.56 bits per heavy atom. The largest absolute Gasteiger partial charge is 0.466 e. The van der Waals surface area contributed by atoms with Crippen LogP contribution in [0, 0.1) is 0 Å². The molecule has 0 atom stereocenters. The molecule has 0 radical (unpaired) electrons. The first-order valence-electron chi connectivity index (χ1n) is 4.49. The Bertz CT molecular complexity index is 502. The smallest absolute Gasteiger partial charge is 0.330 e. The Hall–Kier alpha value is -1.95. The van der Waals surface area contributed by atoms with Gasteiger partial charge in [-0.3, -0.25) is 4.57 Å². The summed E-state index contributed by atoms with van der Waals surface area (Å²) in [5.74, 6) is -0.399. The number of hydrogen-bond donors (Lipinski definition) is 0. The van der Waals surface area contributed by atoms with Crippen molar-refractivity contribution in [2.24, 2.45) is 0 Å². The number of imidazole rings is 1. The molecule has 0 N–H and O–H groups in total. The molecule has 0 saturated heterocycles. The third-order valence-electron chi connectivity index (χ3n) is 1.83. The molecule has 6 heteroatoms. The average Bonchev–Trinajstić information content (AvgIpc) is 2.95. The zero-order valence-electron chi connectivity index (χ0n) is 8.53. The fraction of sp³-hybridized carbons (Fsp3) is 0.100. The minimum atomic E-state index is -0.399. The van der Waals surface area contributed by atoms with Gasteiger partial charge in [-0.25, -0.2) is 14.8 Å². The van der Waals surface area contributed by atoms with E-state index in [1.54, 1.807) is 29.4 Å². The van der Waals surface area contributed by atoms with Gasteiger partial charge in [0.1, 0.15) is 6.33 Å². The second-order valence-electron chi connectivity index (χ2n) is 2.88. The minimum Gasteiger partial charge on any atom is -0.466 e. The van der Waals surface area contributed by atoms with Crippen LogP contribution in [-0.2, 0) is 9.53 Å². The molecule has 0 aliphatic heterocycles. The molecule has 5 nitrogen and oxygen atoms in total. The van der Waals surface area contributed by atoms with Gasteiger partial charge < -0.3 is 4.74 Å². The zero-order chi connectivity index (χ0) is 11.4. The third kappa shape index (κ3) is 2.34. The van der Waals surface area contributed by atoms with Gasteiger partial charge in [-0.05, 0) is 6.08 Å². The number of carbonyl (C=O) groups is 1. The van der Waals surface area contributed by atoms with E-state index >= 15 is 0 Å². The first kappa shape index (κ1) is 10.6. The highest BCUT2D eigenvalue weighted by atomic mass is 32.1. The van der Waals surface area contributed by atoms with Gasteiger partial charge in [0, 0.05) is 23.8 Å². The Labute approximate surface area is 96.0 Å². The number of hydrogen-bond acceptors (Lipinski definition) is 5. The summed E-state index contributed by atoms with van der Waals surface area (Å²) in [4.78, 5) is 19.1. The number of rotatable bonds is 3. The summed E-state index contributed by atoms with van der Waals surface area (Å²) in [6.07, 6.45) is 8.09. The van der Waals surface area contributed by atoms with E-state index in [0.717, 1.165) is 5.13 Å². The van der Waals surface area contributed by atoms with Gasteiger partial charge in [0.25, 0.3) is 0 Å². The molecule has 82 valence electrons. The molecule has 2 aromatic heterocycles. The number of thiazole rings is 1. The van der Waals surface area contributed by atoms with E-state index in [-0.39, 0.29) is 0 Å². The summed E-state index contributed by atoms with van der Waals surface area (Å²) in [6.45, 7) is 0. The summed E-state index contributed by atoms with van der Waals surface area (Å²) in [5, 5.41) is 2.73. The number of aromatic nitrogens is 3. The molecular formula is C10H9N3O2S. The summed E-state index contributed by atoms with van der Waals surface area (Å²) in [7, 11) is 1.33. The number of methoxy groups -OCH3 is 1. The van der Waals surface area contributed by atoms with E-state index < -0.39 is 5.97 Å². The highest BCUT2D eigenvalue weighted by Crippen LogP contribution is 2.11. The van der Waals surface area contributed by atoms with Crippen LogP contribution in [0.4, 0.5) is 0 Å². The number of esters is 1. The Morgan fingerprint density at radius 3 is 3.12 bits per heavy atom. The molecule has 0 aliphatic rings. The Balaban J connectivity index is 2.14. The summed E-state index contributed by atoms with van der Waals surface area (Å²) >= 11 is 1.51. The number of carbonyl (C=O) groups excluding carboxylic acids is 1. The lowest BCUT2D eigenvalue weighted by molar-refractivity contribution is -0.134. The van der Waals surface area contributed by atoms with E-state index in [2.05, 4.69) is 14.7 Å². The maximum atomic E-state index is 10.9. The van der Waals surface area contributed by atoms with E-state index in [4.69, 9.17) is 0 Å². The molecule has 0 unspecified atom stereocenters. The van der Waals surface area contributed by atoms with Crippen molar-refractivity contribution in [3.05, 3.63) is 35.9 Å². The first-order valence-corrected chi connectivity index (χ1v) is 5.37. The summed E-state index contributed by atoms with van der Waals surface area (Å²) in [5.41, 5.74) is 0.681. The van der Waals surface area contributed by atoms with Gasteiger partial charge in [-0.2, -0.15) is 0 Å². The lowest BCUT2D eigenvalue weighted by atomic mass is 10.4. The standard InChI is InChI=1S/C10H9N3O2S/c1-15-9(14)3-2-8-6-13(7-12-8)10-11-4-5-16-10/h2-7H,1H3/b3-2+. The van der Waals surface area contributed by atoms with Crippen molar-refractivity contribution >= 4 is 23.4 Å². The molecule has 0 amide bonds. The van der Waals surface area contributed by atoms with Crippen LogP contribution in [0.2, 0.25) is 0 Å². The molecule has 2 heterocycles. The minimum absolute atomic E-state index is 0.399. The topological polar surface area (TPSA) is 57.0 Å². The molecule has 0 bridgehead atoms. The van der Waals surface area contributed by atoms with Gasteiger partial charge >= 0.3 is 5.97 Å². The van der Waals surface area contributed by atoms with E-state index in [0.29, 0.717) is 5.69 Å². The van der Waals surface area contributed by atoms with E-state index in [9.17, 15) is 4.79 Å². The van der Waals surface area contributed by atoms with Crippen LogP contribution in [0.3, 0.4) is 0 Å². The van der Waals surface area contributed by atoms with Gasteiger partial charge in [-0.1, -0.05) is 0 Å². The lowest BCUT2D eigenvalue weighted by Gasteiger charge is -1.91. The van der Waals surface area contributed by atoms with Crippen LogP contribution < -0.4 is 0 Å². The molecule has 2 aromatic rings. The van der Waals surface area contributed by atoms with Crippen molar-refractivity contribution in [1.82, 2.24) is 14.5 Å². The Morgan fingerprint density at radius 2 is 2.44 bits per heavy atom. The summed E-state index contributed by atoms with van der Waals surface area (Å²) < 4.78 is 6.27. The third-order valence-corrected chi connectivity index (χ3v) is 2.62. The van der Waals surface area contributed by atoms with Crippen molar-refractivity contribution in [1.29, 1.82) is 0 Å². The average molecular weight is 235 g/mol. The first-order chi connectivity index (χ1) is 7.79. The lowest BCUT2D eigenvalue weighted by Crippen LogP contribution is -1.93. The molecule has 0 aromatic carbocycles. The highest BCUT2D eigenvalue weighted by Gasteiger charge is 2.00. The van der Waals surface area contributed by atoms with Crippen LogP contribution in [0.1, 0.15) is 5.69 Å².